The minimum absolute atomic E-state index is 0.0606. The first-order valence-electron chi connectivity index (χ1n) is 9.20. The zero-order chi connectivity index (χ0) is 17.9. The Kier molecular flexibility index (Phi) is 8.55. The molecule has 1 saturated heterocycles. The Morgan fingerprint density at radius 1 is 1.16 bits per heavy atom. The van der Waals surface area contributed by atoms with E-state index in [-0.39, 0.29) is 18.6 Å². The van der Waals surface area contributed by atoms with Crippen LogP contribution < -0.4 is 20.1 Å². The lowest BCUT2D eigenvalue weighted by Gasteiger charge is -2.22. The Bertz CT molecular complexity index is 530. The molecular weight excluding hydrogens is 320 g/mol. The van der Waals surface area contributed by atoms with E-state index in [1.807, 2.05) is 32.0 Å². The molecule has 1 aromatic carbocycles. The molecule has 25 heavy (non-hydrogen) atoms. The molecule has 0 atom stereocenters. The number of carbonyl (C=O) groups is 1. The van der Waals surface area contributed by atoms with Gasteiger partial charge in [-0.05, 0) is 63.9 Å². The van der Waals surface area contributed by atoms with Crippen LogP contribution in [0.4, 0.5) is 0 Å². The van der Waals surface area contributed by atoms with Gasteiger partial charge in [0, 0.05) is 6.54 Å². The summed E-state index contributed by atoms with van der Waals surface area (Å²) in [4.78, 5) is 11.9. The standard InChI is InChI=1S/C19H30N2O4/c1-3-23-17-6-5-15(13-18(17)24-4-2)7-12-21-19(22)14-25-16-8-10-20-11-9-16/h5-6,13,16,20H,3-4,7-12,14H2,1-2H3,(H,21,22). The van der Waals surface area contributed by atoms with Crippen LogP contribution in [0.15, 0.2) is 18.2 Å². The molecule has 6 heteroatoms. The smallest absolute Gasteiger partial charge is 0.246 e. The van der Waals surface area contributed by atoms with Crippen molar-refractivity contribution in [2.24, 2.45) is 0 Å². The summed E-state index contributed by atoms with van der Waals surface area (Å²) in [6.45, 7) is 7.74. The molecule has 1 amide bonds. The van der Waals surface area contributed by atoms with Crippen molar-refractivity contribution >= 4 is 5.91 Å². The number of ether oxygens (including phenoxy) is 3. The third kappa shape index (κ3) is 6.92. The van der Waals surface area contributed by atoms with Gasteiger partial charge in [0.1, 0.15) is 6.61 Å². The first-order valence-corrected chi connectivity index (χ1v) is 9.20. The second kappa shape index (κ2) is 10.9. The first-order chi connectivity index (χ1) is 12.2. The van der Waals surface area contributed by atoms with E-state index in [0.717, 1.165) is 49.4 Å². The topological polar surface area (TPSA) is 68.8 Å². The second-order valence-corrected chi connectivity index (χ2v) is 6.01. The molecular formula is C19H30N2O4. The van der Waals surface area contributed by atoms with Crippen LogP contribution in [0.1, 0.15) is 32.3 Å². The van der Waals surface area contributed by atoms with Crippen molar-refractivity contribution in [2.45, 2.75) is 39.2 Å². The molecule has 2 N–H and O–H groups in total. The summed E-state index contributed by atoms with van der Waals surface area (Å²) in [5.74, 6) is 1.45. The third-order valence-corrected chi connectivity index (χ3v) is 4.08. The molecule has 0 aromatic heterocycles. The molecule has 0 aliphatic carbocycles. The number of hydrogen-bond acceptors (Lipinski definition) is 5. The summed E-state index contributed by atoms with van der Waals surface area (Å²) in [7, 11) is 0. The third-order valence-electron chi connectivity index (χ3n) is 4.08. The summed E-state index contributed by atoms with van der Waals surface area (Å²) < 4.78 is 16.8. The number of amides is 1. The summed E-state index contributed by atoms with van der Waals surface area (Å²) in [5.41, 5.74) is 1.10. The predicted molar refractivity (Wildman–Crippen MR) is 97.3 cm³/mol. The molecule has 1 aliphatic heterocycles. The van der Waals surface area contributed by atoms with Crippen molar-refractivity contribution in [3.63, 3.8) is 0 Å². The summed E-state index contributed by atoms with van der Waals surface area (Å²) >= 11 is 0. The van der Waals surface area contributed by atoms with Gasteiger partial charge in [-0.1, -0.05) is 6.07 Å². The van der Waals surface area contributed by atoms with Gasteiger partial charge in [0.05, 0.1) is 19.3 Å². The van der Waals surface area contributed by atoms with Crippen molar-refractivity contribution < 1.29 is 19.0 Å². The van der Waals surface area contributed by atoms with Gasteiger partial charge < -0.3 is 24.8 Å². The van der Waals surface area contributed by atoms with Gasteiger partial charge in [-0.2, -0.15) is 0 Å². The van der Waals surface area contributed by atoms with Gasteiger partial charge >= 0.3 is 0 Å². The number of carbonyl (C=O) groups excluding carboxylic acids is 1. The Morgan fingerprint density at radius 3 is 2.60 bits per heavy atom. The van der Waals surface area contributed by atoms with Crippen LogP contribution in [0.2, 0.25) is 0 Å². The maximum Gasteiger partial charge on any atom is 0.246 e. The number of nitrogens with one attached hydrogen (secondary N) is 2. The van der Waals surface area contributed by atoms with Gasteiger partial charge in [0.15, 0.2) is 11.5 Å². The molecule has 1 aliphatic rings. The molecule has 2 rings (SSSR count). The molecule has 140 valence electrons. The van der Waals surface area contributed by atoms with Gasteiger partial charge in [-0.3, -0.25) is 4.79 Å². The molecule has 0 bridgehead atoms. The van der Waals surface area contributed by atoms with Crippen LogP contribution in [-0.2, 0) is 16.0 Å². The average molecular weight is 350 g/mol. The summed E-state index contributed by atoms with van der Waals surface area (Å²) in [6, 6.07) is 5.91. The van der Waals surface area contributed by atoms with Crippen LogP contribution in [0, 0.1) is 0 Å². The number of rotatable bonds is 10. The van der Waals surface area contributed by atoms with Crippen LogP contribution in [0.3, 0.4) is 0 Å². The number of piperidine rings is 1. The van der Waals surface area contributed by atoms with Crippen molar-refractivity contribution in [1.82, 2.24) is 10.6 Å². The quantitative estimate of drug-likeness (QED) is 0.675. The Labute approximate surface area is 150 Å². The molecule has 0 radical (unpaired) electrons. The monoisotopic (exact) mass is 350 g/mol. The van der Waals surface area contributed by atoms with Crippen molar-refractivity contribution in [3.8, 4) is 11.5 Å². The van der Waals surface area contributed by atoms with Gasteiger partial charge in [-0.15, -0.1) is 0 Å². The number of hydrogen-bond donors (Lipinski definition) is 2. The highest BCUT2D eigenvalue weighted by atomic mass is 16.5. The van der Waals surface area contributed by atoms with E-state index in [1.165, 1.54) is 0 Å². The lowest BCUT2D eigenvalue weighted by molar-refractivity contribution is -0.128. The van der Waals surface area contributed by atoms with E-state index in [9.17, 15) is 4.79 Å². The van der Waals surface area contributed by atoms with Crippen molar-refractivity contribution in [2.75, 3.05) is 39.5 Å². The van der Waals surface area contributed by atoms with Crippen molar-refractivity contribution in [3.05, 3.63) is 23.8 Å². The Balaban J connectivity index is 1.72. The Morgan fingerprint density at radius 2 is 1.88 bits per heavy atom. The van der Waals surface area contributed by atoms with Crippen LogP contribution in [-0.4, -0.2) is 51.5 Å². The van der Waals surface area contributed by atoms with Crippen molar-refractivity contribution in [1.29, 1.82) is 0 Å². The second-order valence-electron chi connectivity index (χ2n) is 6.01. The molecule has 0 spiro atoms. The fourth-order valence-electron chi connectivity index (χ4n) is 2.80. The lowest BCUT2D eigenvalue weighted by Crippen LogP contribution is -2.36. The fraction of sp³-hybridized carbons (Fsp3) is 0.632. The molecule has 0 saturated carbocycles. The van der Waals surface area contributed by atoms with E-state index < -0.39 is 0 Å². The largest absolute Gasteiger partial charge is 0.490 e. The maximum atomic E-state index is 11.9. The Hall–Kier alpha value is -1.79. The molecule has 1 heterocycles. The highest BCUT2D eigenvalue weighted by molar-refractivity contribution is 5.77. The minimum atomic E-state index is -0.0606. The SMILES string of the molecule is CCOc1ccc(CCNC(=O)COC2CCNCC2)cc1OCC. The molecule has 1 fully saturated rings. The maximum absolute atomic E-state index is 11.9. The van der Waals surface area contributed by atoms with Crippen LogP contribution in [0.25, 0.3) is 0 Å². The average Bonchev–Trinajstić information content (AvgIpc) is 2.63. The zero-order valence-electron chi connectivity index (χ0n) is 15.3. The van der Waals surface area contributed by atoms with E-state index in [4.69, 9.17) is 14.2 Å². The summed E-state index contributed by atoms with van der Waals surface area (Å²) in [6.07, 6.45) is 2.89. The highest BCUT2D eigenvalue weighted by Gasteiger charge is 2.14. The minimum Gasteiger partial charge on any atom is -0.490 e. The lowest BCUT2D eigenvalue weighted by atomic mass is 10.1. The van der Waals surface area contributed by atoms with Gasteiger partial charge in [-0.25, -0.2) is 0 Å². The van der Waals surface area contributed by atoms with Gasteiger partial charge in [0.25, 0.3) is 0 Å². The molecule has 0 unspecified atom stereocenters. The van der Waals surface area contributed by atoms with E-state index >= 15 is 0 Å². The highest BCUT2D eigenvalue weighted by Crippen LogP contribution is 2.28. The van der Waals surface area contributed by atoms with Crippen LogP contribution in [0.5, 0.6) is 11.5 Å². The zero-order valence-corrected chi connectivity index (χ0v) is 15.3. The van der Waals surface area contributed by atoms with E-state index in [2.05, 4.69) is 10.6 Å². The molecule has 1 aromatic rings. The van der Waals surface area contributed by atoms with Crippen LogP contribution >= 0.6 is 0 Å². The summed E-state index contributed by atoms with van der Waals surface area (Å²) in [5, 5.41) is 6.19. The van der Waals surface area contributed by atoms with E-state index in [1.54, 1.807) is 0 Å². The molecule has 6 nitrogen and oxygen atoms in total. The van der Waals surface area contributed by atoms with E-state index in [0.29, 0.717) is 19.8 Å². The fourth-order valence-corrected chi connectivity index (χ4v) is 2.80. The van der Waals surface area contributed by atoms with Gasteiger partial charge in [0.2, 0.25) is 5.91 Å². The predicted octanol–water partition coefficient (Wildman–Crippen LogP) is 1.91. The first kappa shape index (κ1) is 19.5. The number of benzene rings is 1. The normalized spacial score (nSPS) is 15.0.